The summed E-state index contributed by atoms with van der Waals surface area (Å²) in [6, 6.07) is 0. The number of Topliss-reactive ketones (excluding diaryl/α,β-unsaturated/α-hetero) is 1. The van der Waals surface area contributed by atoms with Crippen LogP contribution in [0.1, 0.15) is 66.9 Å². The molecule has 0 aromatic rings. The van der Waals surface area contributed by atoms with Crippen LogP contribution in [-0.2, 0) is 9.59 Å². The highest BCUT2D eigenvalue weighted by molar-refractivity contribution is 5.92. The third-order valence-corrected chi connectivity index (χ3v) is 8.03. The van der Waals surface area contributed by atoms with E-state index in [4.69, 9.17) is 8.22 Å². The lowest BCUT2D eigenvalue weighted by molar-refractivity contribution is -0.226. The van der Waals surface area contributed by atoms with E-state index in [1.165, 1.54) is 13.8 Å². The SMILES string of the molecule is [2H]C([2H])(O)C(=O)[C@@]1(O)CCC2C3CC([2H])([2H])C4=CC(=O)C([2H])([2H])C[C@]4(C)[C@@]3(F)[C@@H](O)C[C@@]21C. The topological polar surface area (TPSA) is 94.8 Å². The van der Waals surface area contributed by atoms with Gasteiger partial charge in [-0.25, -0.2) is 4.39 Å². The molecule has 7 atom stereocenters. The second-order valence-electron chi connectivity index (χ2n) is 8.95. The summed E-state index contributed by atoms with van der Waals surface area (Å²) >= 11 is 0. The third-order valence-electron chi connectivity index (χ3n) is 8.03. The first kappa shape index (κ1) is 13.2. The van der Waals surface area contributed by atoms with Crippen LogP contribution in [0.4, 0.5) is 4.39 Å². The van der Waals surface area contributed by atoms with Gasteiger partial charge in [0.1, 0.15) is 17.8 Å². The largest absolute Gasteiger partial charge is 0.390 e. The number of carbonyl (C=O) groups is 2. The van der Waals surface area contributed by atoms with Gasteiger partial charge in [-0.15, -0.1) is 0 Å². The fourth-order valence-corrected chi connectivity index (χ4v) is 6.37. The molecule has 4 aliphatic rings. The molecule has 2 unspecified atom stereocenters. The first-order valence-electron chi connectivity index (χ1n) is 12.3. The minimum atomic E-state index is -3.36. The minimum absolute atomic E-state index is 0.0227. The average Bonchev–Trinajstić information content (AvgIpc) is 2.90. The zero-order chi connectivity index (χ0) is 25.2. The molecule has 0 heterocycles. The first-order chi connectivity index (χ1) is 14.7. The highest BCUT2D eigenvalue weighted by Crippen LogP contribution is 2.70. The first-order valence-corrected chi connectivity index (χ1v) is 9.32. The summed E-state index contributed by atoms with van der Waals surface area (Å²) in [4.78, 5) is 25.0. The second-order valence-corrected chi connectivity index (χ2v) is 8.95. The molecule has 4 rings (SSSR count). The number of allylic oxidation sites excluding steroid dienone is 1. The molecule has 6 heteroatoms. The Labute approximate surface area is 167 Å². The maximum absolute atomic E-state index is 17.2. The van der Waals surface area contributed by atoms with Gasteiger partial charge in [-0.05, 0) is 50.5 Å². The quantitative estimate of drug-likeness (QED) is 0.674. The number of aliphatic hydroxyl groups excluding tert-OH is 1. The van der Waals surface area contributed by atoms with Gasteiger partial charge in [-0.1, -0.05) is 19.4 Å². The van der Waals surface area contributed by atoms with E-state index in [1.807, 2.05) is 0 Å². The van der Waals surface area contributed by atoms with Crippen LogP contribution in [0.2, 0.25) is 0 Å². The molecule has 3 N–H and O–H groups in total. The second kappa shape index (κ2) is 5.71. The number of aliphatic hydroxyl groups is 3. The van der Waals surface area contributed by atoms with E-state index in [0.29, 0.717) is 0 Å². The fraction of sp³-hybridized carbons (Fsp3) is 0.810. The molecule has 0 spiro atoms. The van der Waals surface area contributed by atoms with E-state index in [-0.39, 0.29) is 18.4 Å². The maximum Gasteiger partial charge on any atom is 0.190 e. The summed E-state index contributed by atoms with van der Waals surface area (Å²) in [6.45, 7) is -0.619. The Hall–Kier alpha value is -1.11. The van der Waals surface area contributed by atoms with Crippen molar-refractivity contribution in [3.63, 3.8) is 0 Å². The Bertz CT molecular complexity index is 965. The Balaban J connectivity index is 1.89. The van der Waals surface area contributed by atoms with E-state index < -0.39 is 90.2 Å². The van der Waals surface area contributed by atoms with Crippen molar-refractivity contribution in [3.8, 4) is 0 Å². The maximum atomic E-state index is 17.2. The van der Waals surface area contributed by atoms with Gasteiger partial charge >= 0.3 is 0 Å². The molecule has 0 bridgehead atoms. The van der Waals surface area contributed by atoms with Crippen LogP contribution in [-0.4, -0.2) is 50.8 Å². The van der Waals surface area contributed by atoms with Crippen LogP contribution in [0.15, 0.2) is 11.6 Å². The third kappa shape index (κ3) is 2.10. The molecular weight excluding hydrogens is 351 g/mol. The molecule has 0 aliphatic heterocycles. The van der Waals surface area contributed by atoms with E-state index in [9.17, 15) is 24.9 Å². The molecule has 3 fully saturated rings. The number of halogens is 1. The summed E-state index contributed by atoms with van der Waals surface area (Å²) in [5.41, 5.74) is -8.59. The number of hydrogen-bond donors (Lipinski definition) is 3. The number of rotatable bonds is 2. The number of hydrogen-bond acceptors (Lipinski definition) is 5. The Kier molecular flexibility index (Phi) is 2.79. The number of carbonyl (C=O) groups excluding carboxylic acids is 2. The lowest BCUT2D eigenvalue weighted by atomic mass is 9.44. The molecular formula is C21H29FO5. The monoisotopic (exact) mass is 386 g/mol. The van der Waals surface area contributed by atoms with Gasteiger partial charge in [0, 0.05) is 28.6 Å². The van der Waals surface area contributed by atoms with Crippen molar-refractivity contribution < 1.29 is 37.5 Å². The van der Waals surface area contributed by atoms with Crippen LogP contribution in [0.5, 0.6) is 0 Å². The molecule has 150 valence electrons. The van der Waals surface area contributed by atoms with E-state index in [1.54, 1.807) is 0 Å². The molecule has 5 nitrogen and oxygen atoms in total. The number of fused-ring (bicyclic) bond motifs is 5. The average molecular weight is 386 g/mol. The highest BCUT2D eigenvalue weighted by Gasteiger charge is 2.74. The number of alkyl halides is 1. The van der Waals surface area contributed by atoms with Gasteiger partial charge in [0.2, 0.25) is 0 Å². The van der Waals surface area contributed by atoms with Crippen molar-refractivity contribution in [1.29, 1.82) is 0 Å². The van der Waals surface area contributed by atoms with Gasteiger partial charge in [0.15, 0.2) is 11.6 Å². The van der Waals surface area contributed by atoms with Crippen molar-refractivity contribution >= 4 is 11.6 Å². The molecule has 0 radical (unpaired) electrons. The molecule has 4 aliphatic carbocycles. The number of ketones is 2. The van der Waals surface area contributed by atoms with E-state index in [2.05, 4.69) is 0 Å². The molecule has 3 saturated carbocycles. The summed E-state index contributed by atoms with van der Waals surface area (Å²) in [6.07, 6.45) is -7.59. The molecule has 27 heavy (non-hydrogen) atoms. The summed E-state index contributed by atoms with van der Waals surface area (Å²) in [5.74, 6) is -4.55. The lowest BCUT2D eigenvalue weighted by Gasteiger charge is -2.63. The minimum Gasteiger partial charge on any atom is -0.390 e. The normalized spacial score (nSPS) is 59.4. The van der Waals surface area contributed by atoms with Gasteiger partial charge in [0.25, 0.3) is 0 Å². The Morgan fingerprint density at radius 2 is 2.04 bits per heavy atom. The smallest absolute Gasteiger partial charge is 0.190 e. The van der Waals surface area contributed by atoms with Crippen LogP contribution in [0, 0.1) is 22.7 Å². The summed E-state index contributed by atoms with van der Waals surface area (Å²) in [7, 11) is 0. The van der Waals surface area contributed by atoms with Gasteiger partial charge in [-0.2, -0.15) is 0 Å². The predicted molar refractivity (Wildman–Crippen MR) is 95.5 cm³/mol. The zero-order valence-corrected chi connectivity index (χ0v) is 15.4. The standard InChI is InChI=1S/C21H29FO5/c1-18-7-5-13(24)9-12(18)3-4-15-14-6-8-20(27,17(26)11-23)19(14,2)10-16(25)21(15,18)22/h9,14-16,23,25,27H,3-8,10-11H2,1-2H3/t14?,15?,16-,18-,19-,20-,21-/m0/s1/i3D2,5D2,11D2. The zero-order valence-electron chi connectivity index (χ0n) is 21.4. The fourth-order valence-electron chi connectivity index (χ4n) is 6.37. The van der Waals surface area contributed by atoms with E-state index >= 15 is 4.39 Å². The lowest BCUT2D eigenvalue weighted by Crippen LogP contribution is -2.69. The molecule has 0 saturated heterocycles. The van der Waals surface area contributed by atoms with Crippen molar-refractivity contribution in [2.75, 3.05) is 6.56 Å². The Morgan fingerprint density at radius 1 is 1.33 bits per heavy atom. The van der Waals surface area contributed by atoms with Crippen LogP contribution >= 0.6 is 0 Å². The van der Waals surface area contributed by atoms with Crippen molar-refractivity contribution in [2.24, 2.45) is 22.7 Å². The van der Waals surface area contributed by atoms with Crippen LogP contribution < -0.4 is 0 Å². The molecule has 0 amide bonds. The van der Waals surface area contributed by atoms with Crippen LogP contribution in [0.25, 0.3) is 0 Å². The summed E-state index contributed by atoms with van der Waals surface area (Å²) in [5, 5.41) is 32.2. The van der Waals surface area contributed by atoms with Gasteiger partial charge < -0.3 is 15.3 Å². The van der Waals surface area contributed by atoms with Crippen LogP contribution in [0.3, 0.4) is 0 Å². The molecule has 0 aromatic heterocycles. The van der Waals surface area contributed by atoms with Crippen molar-refractivity contribution in [2.45, 2.75) is 76.1 Å². The Morgan fingerprint density at radius 3 is 2.70 bits per heavy atom. The predicted octanol–water partition coefficient (Wildman–Crippen LogP) is 1.87. The van der Waals surface area contributed by atoms with E-state index in [0.717, 1.165) is 6.08 Å². The summed E-state index contributed by atoms with van der Waals surface area (Å²) < 4.78 is 65.4. The van der Waals surface area contributed by atoms with Crippen molar-refractivity contribution in [1.82, 2.24) is 0 Å². The van der Waals surface area contributed by atoms with Crippen molar-refractivity contribution in [3.05, 3.63) is 11.6 Å². The molecule has 0 aromatic carbocycles. The van der Waals surface area contributed by atoms with Gasteiger partial charge in [0.05, 0.1) is 8.85 Å². The van der Waals surface area contributed by atoms with Gasteiger partial charge in [-0.3, -0.25) is 9.59 Å². The highest BCUT2D eigenvalue weighted by atomic mass is 19.1.